The molecule has 1 aromatic heterocycles. The molecule has 1 aromatic carbocycles. The molecule has 0 unspecified atom stereocenters. The van der Waals surface area contributed by atoms with Gasteiger partial charge < -0.3 is 14.2 Å². The number of ether oxygens (including phenoxy) is 1. The summed E-state index contributed by atoms with van der Waals surface area (Å²) in [5.41, 5.74) is 1.94. The molecule has 3 aliphatic rings. The van der Waals surface area contributed by atoms with Gasteiger partial charge in [0.2, 0.25) is 5.91 Å². The van der Waals surface area contributed by atoms with Gasteiger partial charge in [-0.25, -0.2) is 0 Å². The van der Waals surface area contributed by atoms with Crippen LogP contribution in [0.2, 0.25) is 0 Å². The standard InChI is InChI=1S/C25H29N3O3S2/c29-23(26-11-5-1-2-6-12-26)17-27-15-18(20-9-3-4-10-21(20)27)14-22-24(30)28(25(32)33-22)16-19-8-7-13-31-19/h3-4,9-10,14-15,19H,1-2,5-8,11-13,16-17H2/b22-14-/t19-/m1/s1. The van der Waals surface area contributed by atoms with E-state index in [0.29, 0.717) is 22.3 Å². The topological polar surface area (TPSA) is 54.8 Å². The quantitative estimate of drug-likeness (QED) is 0.465. The highest BCUT2D eigenvalue weighted by atomic mass is 32.2. The minimum absolute atomic E-state index is 0.0574. The fourth-order valence-corrected chi connectivity index (χ4v) is 6.14. The minimum atomic E-state index is -0.0574. The SMILES string of the molecule is O=C(Cn1cc(/C=C2\SC(=S)N(C[C@H]3CCCO3)C2=O)c2ccccc21)N1CCCCCC1. The van der Waals surface area contributed by atoms with Gasteiger partial charge in [-0.15, -0.1) is 0 Å². The van der Waals surface area contributed by atoms with Crippen molar-refractivity contribution in [3.8, 4) is 0 Å². The van der Waals surface area contributed by atoms with Crippen LogP contribution in [0, 0.1) is 0 Å². The van der Waals surface area contributed by atoms with Crippen molar-refractivity contribution in [3.05, 3.63) is 40.9 Å². The fraction of sp³-hybridized carbons (Fsp3) is 0.480. The average molecular weight is 484 g/mol. The zero-order valence-corrected chi connectivity index (χ0v) is 20.3. The molecule has 3 fully saturated rings. The predicted octanol–water partition coefficient (Wildman–Crippen LogP) is 4.42. The monoisotopic (exact) mass is 483 g/mol. The van der Waals surface area contributed by atoms with E-state index in [2.05, 4.69) is 0 Å². The van der Waals surface area contributed by atoms with Crippen LogP contribution in [0.1, 0.15) is 44.1 Å². The first-order chi connectivity index (χ1) is 16.1. The van der Waals surface area contributed by atoms with Crippen LogP contribution in [0.3, 0.4) is 0 Å². The van der Waals surface area contributed by atoms with Crippen molar-refractivity contribution in [2.75, 3.05) is 26.2 Å². The van der Waals surface area contributed by atoms with Crippen LogP contribution in [0.15, 0.2) is 35.4 Å². The second-order valence-corrected chi connectivity index (χ2v) is 10.6. The van der Waals surface area contributed by atoms with Crippen LogP contribution >= 0.6 is 24.0 Å². The summed E-state index contributed by atoms with van der Waals surface area (Å²) >= 11 is 6.85. The molecule has 1 atom stereocenters. The van der Waals surface area contributed by atoms with Gasteiger partial charge in [0.25, 0.3) is 5.91 Å². The van der Waals surface area contributed by atoms with Crippen molar-refractivity contribution in [1.82, 2.24) is 14.4 Å². The summed E-state index contributed by atoms with van der Waals surface area (Å²) in [7, 11) is 0. The van der Waals surface area contributed by atoms with Crippen LogP contribution in [0.5, 0.6) is 0 Å². The van der Waals surface area contributed by atoms with Gasteiger partial charge in [0.1, 0.15) is 10.9 Å². The number of thioether (sulfide) groups is 1. The lowest BCUT2D eigenvalue weighted by atomic mass is 10.1. The molecule has 6 nitrogen and oxygen atoms in total. The molecule has 0 spiro atoms. The first-order valence-electron chi connectivity index (χ1n) is 11.8. The van der Waals surface area contributed by atoms with Crippen LogP contribution in [0.4, 0.5) is 0 Å². The summed E-state index contributed by atoms with van der Waals surface area (Å²) in [6, 6.07) is 8.05. The Morgan fingerprint density at radius 2 is 1.94 bits per heavy atom. The van der Waals surface area contributed by atoms with E-state index in [1.165, 1.54) is 24.6 Å². The van der Waals surface area contributed by atoms with Crippen molar-refractivity contribution >= 4 is 57.1 Å². The van der Waals surface area contributed by atoms with E-state index in [-0.39, 0.29) is 17.9 Å². The van der Waals surface area contributed by atoms with Crippen molar-refractivity contribution in [3.63, 3.8) is 0 Å². The van der Waals surface area contributed by atoms with Crippen LogP contribution in [-0.2, 0) is 20.9 Å². The van der Waals surface area contributed by atoms with Crippen molar-refractivity contribution in [2.45, 2.75) is 51.2 Å². The molecule has 0 saturated carbocycles. The van der Waals surface area contributed by atoms with Gasteiger partial charge in [-0.1, -0.05) is 55.0 Å². The maximum atomic E-state index is 13.1. The number of nitrogens with zero attached hydrogens (tertiary/aromatic N) is 3. The van der Waals surface area contributed by atoms with Crippen LogP contribution < -0.4 is 0 Å². The second-order valence-electron chi connectivity index (χ2n) is 8.95. The molecule has 33 heavy (non-hydrogen) atoms. The van der Waals surface area contributed by atoms with Gasteiger partial charge in [0, 0.05) is 42.4 Å². The molecule has 0 N–H and O–H groups in total. The molecule has 0 radical (unpaired) electrons. The summed E-state index contributed by atoms with van der Waals surface area (Å²) in [5.74, 6) is 0.102. The number of benzene rings is 1. The number of fused-ring (bicyclic) bond motifs is 1. The summed E-state index contributed by atoms with van der Waals surface area (Å²) < 4.78 is 8.30. The molecule has 8 heteroatoms. The summed E-state index contributed by atoms with van der Waals surface area (Å²) in [4.78, 5) is 30.4. The highest BCUT2D eigenvalue weighted by molar-refractivity contribution is 8.26. The van der Waals surface area contributed by atoms with Crippen LogP contribution in [0.25, 0.3) is 17.0 Å². The lowest BCUT2D eigenvalue weighted by Crippen LogP contribution is -2.35. The van der Waals surface area contributed by atoms with E-state index in [4.69, 9.17) is 17.0 Å². The Bertz CT molecular complexity index is 1100. The van der Waals surface area contributed by atoms with Gasteiger partial charge in [-0.05, 0) is 37.8 Å². The Morgan fingerprint density at radius 1 is 1.15 bits per heavy atom. The molecule has 4 heterocycles. The van der Waals surface area contributed by atoms with Crippen molar-refractivity contribution in [2.24, 2.45) is 0 Å². The Labute approximate surface area is 203 Å². The lowest BCUT2D eigenvalue weighted by molar-refractivity contribution is -0.131. The van der Waals surface area contributed by atoms with E-state index in [1.807, 2.05) is 46.0 Å². The van der Waals surface area contributed by atoms with Crippen molar-refractivity contribution in [1.29, 1.82) is 0 Å². The number of aromatic nitrogens is 1. The Morgan fingerprint density at radius 3 is 2.70 bits per heavy atom. The molecule has 3 aliphatic heterocycles. The molecular formula is C25H29N3O3S2. The second kappa shape index (κ2) is 9.99. The largest absolute Gasteiger partial charge is 0.376 e. The summed E-state index contributed by atoms with van der Waals surface area (Å²) in [6.07, 6.45) is 10.5. The third-order valence-electron chi connectivity index (χ3n) is 6.65. The average Bonchev–Trinajstić information content (AvgIpc) is 3.43. The predicted molar refractivity (Wildman–Crippen MR) is 136 cm³/mol. The molecular weight excluding hydrogens is 454 g/mol. The molecule has 174 valence electrons. The maximum Gasteiger partial charge on any atom is 0.266 e. The first kappa shape index (κ1) is 22.6. The zero-order chi connectivity index (χ0) is 22.8. The third kappa shape index (κ3) is 4.88. The fourth-order valence-electron chi connectivity index (χ4n) is 4.88. The minimum Gasteiger partial charge on any atom is -0.376 e. The molecule has 3 saturated heterocycles. The normalized spacial score (nSPS) is 23.2. The number of hydrogen-bond acceptors (Lipinski definition) is 5. The highest BCUT2D eigenvalue weighted by Gasteiger charge is 2.34. The molecule has 2 aromatic rings. The number of hydrogen-bond donors (Lipinski definition) is 0. The van der Waals surface area contributed by atoms with Crippen LogP contribution in [-0.4, -0.2) is 62.8 Å². The van der Waals surface area contributed by atoms with Gasteiger partial charge >= 0.3 is 0 Å². The number of amides is 2. The van der Waals surface area contributed by atoms with E-state index in [0.717, 1.165) is 61.8 Å². The lowest BCUT2D eigenvalue weighted by Gasteiger charge is -2.20. The van der Waals surface area contributed by atoms with Gasteiger partial charge in [-0.3, -0.25) is 14.5 Å². The maximum absolute atomic E-state index is 13.1. The number of rotatable bonds is 5. The molecule has 5 rings (SSSR count). The first-order valence-corrected chi connectivity index (χ1v) is 13.1. The Kier molecular flexibility index (Phi) is 6.85. The van der Waals surface area contributed by atoms with E-state index in [9.17, 15) is 9.59 Å². The Hall–Kier alpha value is -2.16. The number of carbonyl (C=O) groups excluding carboxylic acids is 2. The highest BCUT2D eigenvalue weighted by Crippen LogP contribution is 2.35. The molecule has 2 amide bonds. The van der Waals surface area contributed by atoms with E-state index >= 15 is 0 Å². The Balaban J connectivity index is 1.38. The zero-order valence-electron chi connectivity index (χ0n) is 18.7. The third-order valence-corrected chi connectivity index (χ3v) is 8.03. The number of para-hydroxylation sites is 1. The van der Waals surface area contributed by atoms with Crippen molar-refractivity contribution < 1.29 is 14.3 Å². The number of thiocarbonyl (C=S) groups is 1. The smallest absolute Gasteiger partial charge is 0.266 e. The summed E-state index contributed by atoms with van der Waals surface area (Å²) in [6.45, 7) is 3.28. The van der Waals surface area contributed by atoms with Gasteiger partial charge in [0.15, 0.2) is 0 Å². The number of likely N-dealkylation sites (tertiary alicyclic amines) is 1. The van der Waals surface area contributed by atoms with E-state index < -0.39 is 0 Å². The summed E-state index contributed by atoms with van der Waals surface area (Å²) in [5, 5.41) is 1.03. The molecule has 0 aliphatic carbocycles. The number of carbonyl (C=O) groups is 2. The van der Waals surface area contributed by atoms with Gasteiger partial charge in [-0.2, -0.15) is 0 Å². The van der Waals surface area contributed by atoms with Gasteiger partial charge in [0.05, 0.1) is 17.6 Å². The van der Waals surface area contributed by atoms with E-state index in [1.54, 1.807) is 4.90 Å². The molecule has 0 bridgehead atoms.